The Morgan fingerprint density at radius 1 is 1.42 bits per heavy atom. The molecule has 1 N–H and O–H groups in total. The van der Waals surface area contributed by atoms with Gasteiger partial charge in [-0.1, -0.05) is 0 Å². The second kappa shape index (κ2) is 7.82. The molecule has 0 spiro atoms. The lowest BCUT2D eigenvalue weighted by Crippen LogP contribution is -2.33. The number of hydrogen-bond donors (Lipinski definition) is 1. The molecule has 2 rings (SSSR count). The van der Waals surface area contributed by atoms with E-state index in [2.05, 4.69) is 10.1 Å². The van der Waals surface area contributed by atoms with Gasteiger partial charge in [-0.2, -0.15) is 18.4 Å². The van der Waals surface area contributed by atoms with Crippen molar-refractivity contribution in [1.82, 2.24) is 4.90 Å². The maximum Gasteiger partial charge on any atom is 0.422 e. The van der Waals surface area contributed by atoms with Crippen molar-refractivity contribution >= 4 is 11.7 Å². The first kappa shape index (κ1) is 19.2. The Bertz CT molecular complexity index is 798. The Morgan fingerprint density at radius 2 is 2.15 bits per heavy atom. The van der Waals surface area contributed by atoms with Gasteiger partial charge in [-0.3, -0.25) is 0 Å². The molecule has 0 fully saturated rings. The van der Waals surface area contributed by atoms with Crippen LogP contribution in [-0.2, 0) is 0 Å². The van der Waals surface area contributed by atoms with E-state index < -0.39 is 18.8 Å². The molecule has 6 nitrogen and oxygen atoms in total. The highest BCUT2D eigenvalue weighted by molar-refractivity contribution is 5.89. The standard InChI is InChI=1S/C17H16F3N3O3/c1-11(14-4-3-7-25-14)23(2)16(24)22-13-5-6-15(12(8-13)9-21)26-10-17(18,19)20/h3-8,11H,10H2,1-2H3,(H,22,24). The predicted molar refractivity (Wildman–Crippen MR) is 86.6 cm³/mol. The highest BCUT2D eigenvalue weighted by Crippen LogP contribution is 2.26. The largest absolute Gasteiger partial charge is 0.483 e. The molecule has 9 heteroatoms. The van der Waals surface area contributed by atoms with E-state index in [1.165, 1.54) is 29.4 Å². The monoisotopic (exact) mass is 367 g/mol. The van der Waals surface area contributed by atoms with Crippen LogP contribution in [0.3, 0.4) is 0 Å². The maximum absolute atomic E-state index is 12.3. The Morgan fingerprint density at radius 3 is 2.73 bits per heavy atom. The first-order chi connectivity index (χ1) is 12.2. The van der Waals surface area contributed by atoms with Crippen molar-refractivity contribution in [3.63, 3.8) is 0 Å². The Balaban J connectivity index is 2.07. The Hall–Kier alpha value is -3.15. The molecule has 2 aromatic rings. The predicted octanol–water partition coefficient (Wildman–Crippen LogP) is 4.32. The lowest BCUT2D eigenvalue weighted by atomic mass is 10.2. The zero-order valence-corrected chi connectivity index (χ0v) is 14.0. The molecule has 0 aliphatic heterocycles. The number of alkyl halides is 3. The summed E-state index contributed by atoms with van der Waals surface area (Å²) in [4.78, 5) is 13.7. The third kappa shape index (κ3) is 4.92. The number of carbonyl (C=O) groups excluding carboxylic acids is 1. The molecule has 1 aromatic carbocycles. The molecular weight excluding hydrogens is 351 g/mol. The van der Waals surface area contributed by atoms with Gasteiger partial charge in [0.1, 0.15) is 17.6 Å². The number of benzene rings is 1. The van der Waals surface area contributed by atoms with E-state index in [0.29, 0.717) is 5.76 Å². The van der Waals surface area contributed by atoms with Crippen LogP contribution >= 0.6 is 0 Å². The maximum atomic E-state index is 12.3. The molecule has 0 saturated carbocycles. The summed E-state index contributed by atoms with van der Waals surface area (Å²) in [6, 6.07) is 8.18. The van der Waals surface area contributed by atoms with Gasteiger partial charge >= 0.3 is 12.2 Å². The van der Waals surface area contributed by atoms with Crippen LogP contribution in [0.2, 0.25) is 0 Å². The molecule has 1 aromatic heterocycles. The van der Waals surface area contributed by atoms with Crippen molar-refractivity contribution in [2.24, 2.45) is 0 Å². The van der Waals surface area contributed by atoms with Crippen molar-refractivity contribution < 1.29 is 27.1 Å². The SMILES string of the molecule is CC(c1ccco1)N(C)C(=O)Nc1ccc(OCC(F)(F)F)c(C#N)c1. The fourth-order valence-corrected chi connectivity index (χ4v) is 2.09. The summed E-state index contributed by atoms with van der Waals surface area (Å²) in [5, 5.41) is 11.7. The van der Waals surface area contributed by atoms with Gasteiger partial charge in [0.05, 0.1) is 17.9 Å². The summed E-state index contributed by atoms with van der Waals surface area (Å²) in [6.45, 7) is 0.268. The molecule has 1 unspecified atom stereocenters. The highest BCUT2D eigenvalue weighted by atomic mass is 19.4. The lowest BCUT2D eigenvalue weighted by Gasteiger charge is -2.23. The smallest absolute Gasteiger partial charge is 0.422 e. The molecule has 26 heavy (non-hydrogen) atoms. The number of amides is 2. The van der Waals surface area contributed by atoms with Gasteiger partial charge in [-0.25, -0.2) is 4.79 Å². The highest BCUT2D eigenvalue weighted by Gasteiger charge is 2.29. The van der Waals surface area contributed by atoms with Crippen molar-refractivity contribution in [2.45, 2.75) is 19.1 Å². The fourth-order valence-electron chi connectivity index (χ4n) is 2.09. The zero-order valence-electron chi connectivity index (χ0n) is 14.0. The molecule has 1 heterocycles. The summed E-state index contributed by atoms with van der Waals surface area (Å²) in [5.74, 6) is 0.386. The second-order valence-corrected chi connectivity index (χ2v) is 5.46. The van der Waals surface area contributed by atoms with E-state index in [1.807, 2.05) is 0 Å². The van der Waals surface area contributed by atoms with E-state index in [4.69, 9.17) is 9.68 Å². The summed E-state index contributed by atoms with van der Waals surface area (Å²) >= 11 is 0. The number of nitrogens with zero attached hydrogens (tertiary/aromatic N) is 2. The van der Waals surface area contributed by atoms with Gasteiger partial charge in [0.2, 0.25) is 0 Å². The molecule has 2 amide bonds. The van der Waals surface area contributed by atoms with Crippen molar-refractivity contribution in [2.75, 3.05) is 19.0 Å². The van der Waals surface area contributed by atoms with E-state index in [9.17, 15) is 18.0 Å². The van der Waals surface area contributed by atoms with E-state index in [-0.39, 0.29) is 23.0 Å². The number of anilines is 1. The van der Waals surface area contributed by atoms with Crippen LogP contribution in [0, 0.1) is 11.3 Å². The number of nitrogens with one attached hydrogen (secondary N) is 1. The first-order valence-electron chi connectivity index (χ1n) is 7.52. The first-order valence-corrected chi connectivity index (χ1v) is 7.52. The number of urea groups is 1. The van der Waals surface area contributed by atoms with Crippen LogP contribution in [-0.4, -0.2) is 30.8 Å². The van der Waals surface area contributed by atoms with Crippen LogP contribution in [0.4, 0.5) is 23.7 Å². The molecule has 1 atom stereocenters. The van der Waals surface area contributed by atoms with Crippen LogP contribution in [0.1, 0.15) is 24.3 Å². The van der Waals surface area contributed by atoms with Gasteiger partial charge in [0.15, 0.2) is 6.61 Å². The van der Waals surface area contributed by atoms with Crippen molar-refractivity contribution in [1.29, 1.82) is 5.26 Å². The third-order valence-corrected chi connectivity index (χ3v) is 3.60. The minimum absolute atomic E-state index is 0.117. The topological polar surface area (TPSA) is 78.5 Å². The minimum atomic E-state index is -4.51. The van der Waals surface area contributed by atoms with Gasteiger partial charge in [-0.05, 0) is 37.3 Å². The number of nitriles is 1. The molecule has 0 saturated heterocycles. The molecule has 138 valence electrons. The quantitative estimate of drug-likeness (QED) is 0.854. The minimum Gasteiger partial charge on any atom is -0.483 e. The zero-order chi connectivity index (χ0) is 19.3. The fraction of sp³-hybridized carbons (Fsp3) is 0.294. The molecule has 0 aliphatic carbocycles. The Labute approximate surface area is 147 Å². The van der Waals surface area contributed by atoms with Crippen molar-refractivity contribution in [3.05, 3.63) is 47.9 Å². The number of ether oxygens (including phenoxy) is 1. The van der Waals surface area contributed by atoms with Crippen LogP contribution in [0.15, 0.2) is 41.0 Å². The molecule has 0 radical (unpaired) electrons. The van der Waals surface area contributed by atoms with E-state index in [0.717, 1.165) is 0 Å². The van der Waals surface area contributed by atoms with E-state index in [1.54, 1.807) is 32.2 Å². The van der Waals surface area contributed by atoms with Gasteiger partial charge < -0.3 is 19.4 Å². The van der Waals surface area contributed by atoms with E-state index >= 15 is 0 Å². The summed E-state index contributed by atoms with van der Waals surface area (Å²) in [7, 11) is 1.56. The van der Waals surface area contributed by atoms with Gasteiger partial charge in [0.25, 0.3) is 0 Å². The molecule has 0 aliphatic rings. The second-order valence-electron chi connectivity index (χ2n) is 5.46. The summed E-state index contributed by atoms with van der Waals surface area (Å²) < 4.78 is 46.5. The van der Waals surface area contributed by atoms with Gasteiger partial charge in [-0.15, -0.1) is 0 Å². The molecular formula is C17H16F3N3O3. The lowest BCUT2D eigenvalue weighted by molar-refractivity contribution is -0.153. The third-order valence-electron chi connectivity index (χ3n) is 3.60. The number of halogens is 3. The average Bonchev–Trinajstić information content (AvgIpc) is 3.12. The van der Waals surface area contributed by atoms with Crippen LogP contribution in [0.5, 0.6) is 5.75 Å². The van der Waals surface area contributed by atoms with Crippen LogP contribution in [0.25, 0.3) is 0 Å². The summed E-state index contributed by atoms with van der Waals surface area (Å²) in [5.41, 5.74) is 0.137. The molecule has 0 bridgehead atoms. The number of furan rings is 1. The van der Waals surface area contributed by atoms with Crippen LogP contribution < -0.4 is 10.1 Å². The Kier molecular flexibility index (Phi) is 5.77. The number of rotatable bonds is 5. The summed E-state index contributed by atoms with van der Waals surface area (Å²) in [6.07, 6.45) is -3.01. The normalized spacial score (nSPS) is 12.2. The number of hydrogen-bond acceptors (Lipinski definition) is 4. The average molecular weight is 367 g/mol. The van der Waals surface area contributed by atoms with Gasteiger partial charge in [0, 0.05) is 12.7 Å². The number of carbonyl (C=O) groups is 1. The van der Waals surface area contributed by atoms with Crippen molar-refractivity contribution in [3.8, 4) is 11.8 Å².